The zero-order valence-electron chi connectivity index (χ0n) is 15.3. The molecule has 0 amide bonds. The molecule has 0 saturated carbocycles. The summed E-state index contributed by atoms with van der Waals surface area (Å²) in [6.07, 6.45) is 4.65. The molecule has 3 rings (SSSR count). The van der Waals surface area contributed by atoms with Crippen LogP contribution in [-0.4, -0.2) is 20.9 Å². The molecule has 140 valence electrons. The standard InChI is InChI=1S/C21H17ClN4O2/c1-13-5-6-16(8-19(13)22)25-11-18-14(2)17(9-23)20(27)26(21(18)28)12-15-4-3-7-24-10-15/h3-8,10-11,28H,12H2,1-2H3. The zero-order chi connectivity index (χ0) is 20.3. The van der Waals surface area contributed by atoms with Crippen molar-refractivity contribution in [2.24, 2.45) is 4.99 Å². The van der Waals surface area contributed by atoms with Crippen molar-refractivity contribution in [1.29, 1.82) is 5.26 Å². The van der Waals surface area contributed by atoms with Gasteiger partial charge in [-0.1, -0.05) is 23.7 Å². The molecular formula is C21H17ClN4O2. The molecule has 28 heavy (non-hydrogen) atoms. The van der Waals surface area contributed by atoms with Crippen LogP contribution in [0, 0.1) is 25.2 Å². The SMILES string of the molecule is Cc1ccc(N=Cc2c(C)c(C#N)c(=O)n(Cc3cccnc3)c2O)cc1Cl. The van der Waals surface area contributed by atoms with Crippen LogP contribution < -0.4 is 5.56 Å². The predicted molar refractivity (Wildman–Crippen MR) is 109 cm³/mol. The predicted octanol–water partition coefficient (Wildman–Crippen LogP) is 3.89. The Morgan fingerprint density at radius 1 is 1.36 bits per heavy atom. The van der Waals surface area contributed by atoms with Gasteiger partial charge >= 0.3 is 0 Å². The minimum absolute atomic E-state index is 0.0370. The van der Waals surface area contributed by atoms with E-state index in [1.54, 1.807) is 43.6 Å². The van der Waals surface area contributed by atoms with E-state index >= 15 is 0 Å². The Balaban J connectivity index is 2.11. The number of aromatic hydroxyl groups is 1. The van der Waals surface area contributed by atoms with Crippen molar-refractivity contribution < 1.29 is 5.11 Å². The molecule has 7 heteroatoms. The van der Waals surface area contributed by atoms with E-state index in [1.165, 1.54) is 6.21 Å². The van der Waals surface area contributed by atoms with Crippen molar-refractivity contribution in [1.82, 2.24) is 9.55 Å². The smallest absolute Gasteiger partial charge is 0.271 e. The van der Waals surface area contributed by atoms with Gasteiger partial charge < -0.3 is 5.11 Å². The van der Waals surface area contributed by atoms with Crippen LogP contribution in [0.1, 0.15) is 27.8 Å². The lowest BCUT2D eigenvalue weighted by Gasteiger charge is -2.14. The van der Waals surface area contributed by atoms with Gasteiger partial charge in [0.25, 0.3) is 5.56 Å². The highest BCUT2D eigenvalue weighted by atomic mass is 35.5. The molecule has 0 radical (unpaired) electrons. The number of aliphatic imine (C=N–C) groups is 1. The fourth-order valence-corrected chi connectivity index (χ4v) is 2.92. The molecule has 0 aliphatic rings. The first-order valence-corrected chi connectivity index (χ1v) is 8.85. The highest BCUT2D eigenvalue weighted by Crippen LogP contribution is 2.24. The van der Waals surface area contributed by atoms with Crippen LogP contribution in [0.25, 0.3) is 0 Å². The van der Waals surface area contributed by atoms with E-state index in [0.717, 1.165) is 15.7 Å². The normalized spacial score (nSPS) is 10.9. The summed E-state index contributed by atoms with van der Waals surface area (Å²) in [5, 5.41) is 20.7. The number of pyridine rings is 2. The summed E-state index contributed by atoms with van der Waals surface area (Å²) in [5.41, 5.74) is 2.32. The molecular weight excluding hydrogens is 376 g/mol. The average molecular weight is 393 g/mol. The van der Waals surface area contributed by atoms with E-state index in [1.807, 2.05) is 19.1 Å². The summed E-state index contributed by atoms with van der Waals surface area (Å²) >= 11 is 6.12. The molecule has 0 aliphatic carbocycles. The lowest BCUT2D eigenvalue weighted by molar-refractivity contribution is 0.413. The zero-order valence-corrected chi connectivity index (χ0v) is 16.1. The maximum atomic E-state index is 12.7. The number of hydrogen-bond acceptors (Lipinski definition) is 5. The Morgan fingerprint density at radius 2 is 2.14 bits per heavy atom. The number of aromatic nitrogens is 2. The third-order valence-corrected chi connectivity index (χ3v) is 4.82. The first-order chi connectivity index (χ1) is 13.4. The number of halogens is 1. The van der Waals surface area contributed by atoms with Crippen LogP contribution in [0.15, 0.2) is 52.5 Å². The average Bonchev–Trinajstić information content (AvgIpc) is 2.69. The molecule has 0 unspecified atom stereocenters. The van der Waals surface area contributed by atoms with Crippen LogP contribution in [0.2, 0.25) is 5.02 Å². The summed E-state index contributed by atoms with van der Waals surface area (Å²) in [5.74, 6) is -0.257. The van der Waals surface area contributed by atoms with E-state index in [4.69, 9.17) is 11.6 Å². The van der Waals surface area contributed by atoms with E-state index in [2.05, 4.69) is 9.98 Å². The van der Waals surface area contributed by atoms with E-state index in [-0.39, 0.29) is 18.0 Å². The molecule has 0 spiro atoms. The van der Waals surface area contributed by atoms with Gasteiger partial charge in [-0.05, 0) is 48.7 Å². The molecule has 3 aromatic rings. The monoisotopic (exact) mass is 392 g/mol. The highest BCUT2D eigenvalue weighted by molar-refractivity contribution is 6.31. The summed E-state index contributed by atoms with van der Waals surface area (Å²) < 4.78 is 1.14. The molecule has 0 atom stereocenters. The Labute approximate surface area is 167 Å². The number of rotatable bonds is 4. The Bertz CT molecular complexity index is 1160. The molecule has 0 saturated heterocycles. The highest BCUT2D eigenvalue weighted by Gasteiger charge is 2.18. The number of benzene rings is 1. The number of nitrogens with zero attached hydrogens (tertiary/aromatic N) is 4. The Kier molecular flexibility index (Phi) is 5.57. The molecule has 0 aliphatic heterocycles. The molecule has 0 fully saturated rings. The van der Waals surface area contributed by atoms with Crippen molar-refractivity contribution in [3.8, 4) is 11.9 Å². The van der Waals surface area contributed by atoms with E-state index < -0.39 is 5.56 Å². The lowest BCUT2D eigenvalue weighted by Crippen LogP contribution is -2.26. The fraction of sp³-hybridized carbons (Fsp3) is 0.143. The Morgan fingerprint density at radius 3 is 2.79 bits per heavy atom. The van der Waals surface area contributed by atoms with Crippen molar-refractivity contribution in [3.05, 3.63) is 85.9 Å². The minimum atomic E-state index is -0.558. The largest absolute Gasteiger partial charge is 0.494 e. The fourth-order valence-electron chi connectivity index (χ4n) is 2.75. The van der Waals surface area contributed by atoms with E-state index in [9.17, 15) is 15.2 Å². The van der Waals surface area contributed by atoms with E-state index in [0.29, 0.717) is 21.8 Å². The van der Waals surface area contributed by atoms with Gasteiger partial charge in [-0.3, -0.25) is 19.3 Å². The number of hydrogen-bond donors (Lipinski definition) is 1. The number of aryl methyl sites for hydroxylation is 1. The molecule has 0 bridgehead atoms. The summed E-state index contributed by atoms with van der Waals surface area (Å²) in [7, 11) is 0. The van der Waals surface area contributed by atoms with Gasteiger partial charge in [-0.2, -0.15) is 5.26 Å². The van der Waals surface area contributed by atoms with Gasteiger partial charge in [-0.25, -0.2) is 0 Å². The second-order valence-corrected chi connectivity index (χ2v) is 6.70. The molecule has 6 nitrogen and oxygen atoms in total. The van der Waals surface area contributed by atoms with Gasteiger partial charge in [0.1, 0.15) is 11.6 Å². The van der Waals surface area contributed by atoms with Crippen LogP contribution in [0.5, 0.6) is 5.88 Å². The van der Waals surface area contributed by atoms with Crippen molar-refractivity contribution >= 4 is 23.5 Å². The first-order valence-electron chi connectivity index (χ1n) is 8.48. The maximum absolute atomic E-state index is 12.7. The third-order valence-electron chi connectivity index (χ3n) is 4.41. The second-order valence-electron chi connectivity index (χ2n) is 6.29. The summed E-state index contributed by atoms with van der Waals surface area (Å²) in [4.78, 5) is 21.0. The maximum Gasteiger partial charge on any atom is 0.271 e. The van der Waals surface area contributed by atoms with Crippen LogP contribution >= 0.6 is 11.6 Å². The van der Waals surface area contributed by atoms with Crippen molar-refractivity contribution in [2.45, 2.75) is 20.4 Å². The van der Waals surface area contributed by atoms with Crippen LogP contribution in [-0.2, 0) is 6.54 Å². The van der Waals surface area contributed by atoms with Crippen molar-refractivity contribution in [2.75, 3.05) is 0 Å². The quantitative estimate of drug-likeness (QED) is 0.682. The molecule has 1 N–H and O–H groups in total. The Hall–Kier alpha value is -3.43. The third kappa shape index (κ3) is 3.80. The van der Waals surface area contributed by atoms with Gasteiger partial charge in [0, 0.05) is 23.6 Å². The molecule has 2 aromatic heterocycles. The van der Waals surface area contributed by atoms with Gasteiger partial charge in [0.15, 0.2) is 0 Å². The van der Waals surface area contributed by atoms with Crippen LogP contribution in [0.4, 0.5) is 5.69 Å². The topological polar surface area (TPSA) is 91.3 Å². The molecule has 1 aromatic carbocycles. The molecule has 2 heterocycles. The van der Waals surface area contributed by atoms with Gasteiger partial charge in [0.2, 0.25) is 5.88 Å². The van der Waals surface area contributed by atoms with Crippen molar-refractivity contribution in [3.63, 3.8) is 0 Å². The summed E-state index contributed by atoms with van der Waals surface area (Å²) in [6, 6.07) is 10.8. The van der Waals surface area contributed by atoms with Gasteiger partial charge in [0.05, 0.1) is 17.8 Å². The first kappa shape index (κ1) is 19.3. The second kappa shape index (κ2) is 8.07. The minimum Gasteiger partial charge on any atom is -0.494 e. The van der Waals surface area contributed by atoms with Gasteiger partial charge in [-0.15, -0.1) is 0 Å². The summed E-state index contributed by atoms with van der Waals surface area (Å²) in [6.45, 7) is 3.58. The number of nitriles is 1. The van der Waals surface area contributed by atoms with Crippen LogP contribution in [0.3, 0.4) is 0 Å². The lowest BCUT2D eigenvalue weighted by atomic mass is 10.1.